The second kappa shape index (κ2) is 4.99. The van der Waals surface area contributed by atoms with E-state index in [1.54, 1.807) is 0 Å². The van der Waals surface area contributed by atoms with E-state index in [0.717, 1.165) is 32.1 Å². The summed E-state index contributed by atoms with van der Waals surface area (Å²) in [6.45, 7) is 7.12. The number of ether oxygens (including phenoxy) is 2. The normalized spacial score (nSPS) is 49.7. The van der Waals surface area contributed by atoms with Crippen LogP contribution in [0.2, 0.25) is 0 Å². The van der Waals surface area contributed by atoms with E-state index in [1.165, 1.54) is 6.42 Å². The molecule has 19 heavy (non-hydrogen) atoms. The van der Waals surface area contributed by atoms with E-state index in [2.05, 4.69) is 13.8 Å². The highest BCUT2D eigenvalue weighted by molar-refractivity contribution is 5.01. The van der Waals surface area contributed by atoms with E-state index in [0.29, 0.717) is 18.4 Å². The largest absolute Gasteiger partial charge is 0.349 e. The molecule has 4 fully saturated rings. The van der Waals surface area contributed by atoms with Crippen molar-refractivity contribution in [2.75, 3.05) is 6.61 Å². The van der Waals surface area contributed by atoms with Crippen LogP contribution in [-0.2, 0) is 19.2 Å². The third kappa shape index (κ3) is 2.23. The molecule has 1 aliphatic carbocycles. The zero-order chi connectivity index (χ0) is 13.5. The monoisotopic (exact) mass is 270 g/mol. The standard InChI is InChI=1S/C15H26O4/c1-4-10-16-13-15-8-5-6-11(2)12(15)7-9-14(3,17-13)18-19-15/h11-13H,4-10H2,1-3H3/t11-,12?,13-,14+,15+/m1/s1. The Morgan fingerprint density at radius 1 is 1.21 bits per heavy atom. The number of hydrogen-bond donors (Lipinski definition) is 0. The molecule has 1 unspecified atom stereocenters. The molecule has 4 rings (SSSR count). The van der Waals surface area contributed by atoms with Crippen molar-refractivity contribution in [3.63, 3.8) is 0 Å². The Bertz CT molecular complexity index is 334. The molecule has 3 heterocycles. The van der Waals surface area contributed by atoms with Crippen molar-refractivity contribution in [3.05, 3.63) is 0 Å². The lowest BCUT2D eigenvalue weighted by Crippen LogP contribution is -2.60. The maximum Gasteiger partial charge on any atom is 0.201 e. The van der Waals surface area contributed by atoms with E-state index >= 15 is 0 Å². The van der Waals surface area contributed by atoms with Gasteiger partial charge in [0.2, 0.25) is 5.79 Å². The molecule has 1 saturated carbocycles. The van der Waals surface area contributed by atoms with Gasteiger partial charge in [0.1, 0.15) is 0 Å². The zero-order valence-corrected chi connectivity index (χ0v) is 12.3. The lowest BCUT2D eigenvalue weighted by atomic mass is 9.67. The smallest absolute Gasteiger partial charge is 0.201 e. The second-order valence-electron chi connectivity index (χ2n) is 6.59. The summed E-state index contributed by atoms with van der Waals surface area (Å²) in [7, 11) is 0. The molecule has 1 spiro atoms. The minimum Gasteiger partial charge on any atom is -0.349 e. The summed E-state index contributed by atoms with van der Waals surface area (Å²) in [4.78, 5) is 11.5. The molecule has 4 aliphatic rings. The molecular formula is C15H26O4. The highest BCUT2D eigenvalue weighted by Crippen LogP contribution is 2.53. The van der Waals surface area contributed by atoms with Crippen LogP contribution in [0.1, 0.15) is 59.3 Å². The molecule has 0 aromatic carbocycles. The van der Waals surface area contributed by atoms with Crippen LogP contribution in [0, 0.1) is 11.8 Å². The Balaban J connectivity index is 1.90. The summed E-state index contributed by atoms with van der Waals surface area (Å²) in [5, 5.41) is 0. The molecule has 5 atom stereocenters. The lowest BCUT2D eigenvalue weighted by molar-refractivity contribution is -0.550. The molecule has 2 bridgehead atoms. The van der Waals surface area contributed by atoms with Crippen LogP contribution in [0.4, 0.5) is 0 Å². The van der Waals surface area contributed by atoms with Crippen LogP contribution in [0.25, 0.3) is 0 Å². The molecule has 4 heteroatoms. The van der Waals surface area contributed by atoms with Crippen LogP contribution in [0.5, 0.6) is 0 Å². The van der Waals surface area contributed by atoms with Gasteiger partial charge in [-0.2, -0.15) is 0 Å². The van der Waals surface area contributed by atoms with Gasteiger partial charge in [0.25, 0.3) is 0 Å². The molecule has 3 aliphatic heterocycles. The van der Waals surface area contributed by atoms with E-state index < -0.39 is 5.79 Å². The van der Waals surface area contributed by atoms with Crippen LogP contribution >= 0.6 is 0 Å². The van der Waals surface area contributed by atoms with E-state index in [1.807, 2.05) is 6.92 Å². The minimum atomic E-state index is -0.638. The molecular weight excluding hydrogens is 244 g/mol. The van der Waals surface area contributed by atoms with Gasteiger partial charge in [0.05, 0.1) is 0 Å². The van der Waals surface area contributed by atoms with Crippen molar-refractivity contribution in [3.8, 4) is 0 Å². The van der Waals surface area contributed by atoms with Crippen molar-refractivity contribution in [2.24, 2.45) is 11.8 Å². The average Bonchev–Trinajstić information content (AvgIpc) is 2.62. The first-order valence-electron chi connectivity index (χ1n) is 7.76. The Morgan fingerprint density at radius 3 is 2.84 bits per heavy atom. The fraction of sp³-hybridized carbons (Fsp3) is 1.00. The molecule has 4 nitrogen and oxygen atoms in total. The zero-order valence-electron chi connectivity index (χ0n) is 12.3. The van der Waals surface area contributed by atoms with Crippen LogP contribution in [0.15, 0.2) is 0 Å². The Kier molecular flexibility index (Phi) is 3.63. The van der Waals surface area contributed by atoms with Crippen LogP contribution in [-0.4, -0.2) is 24.3 Å². The molecule has 0 amide bonds. The first-order chi connectivity index (χ1) is 9.10. The van der Waals surface area contributed by atoms with Gasteiger partial charge < -0.3 is 9.47 Å². The van der Waals surface area contributed by atoms with Gasteiger partial charge >= 0.3 is 0 Å². The number of rotatable bonds is 3. The molecule has 0 N–H and O–H groups in total. The van der Waals surface area contributed by atoms with Gasteiger partial charge in [-0.05, 0) is 44.4 Å². The summed E-state index contributed by atoms with van der Waals surface area (Å²) in [5.41, 5.74) is -0.386. The summed E-state index contributed by atoms with van der Waals surface area (Å²) in [6.07, 6.45) is 6.11. The van der Waals surface area contributed by atoms with Crippen molar-refractivity contribution < 1.29 is 19.2 Å². The maximum atomic E-state index is 6.14. The highest BCUT2D eigenvalue weighted by atomic mass is 17.3. The molecule has 0 aromatic rings. The maximum absolute atomic E-state index is 6.14. The Hall–Kier alpha value is -0.160. The molecule has 110 valence electrons. The minimum absolute atomic E-state index is 0.276. The molecule has 0 radical (unpaired) electrons. The summed E-state index contributed by atoms with van der Waals surface area (Å²) >= 11 is 0. The van der Waals surface area contributed by atoms with Gasteiger partial charge in [-0.3, -0.25) is 0 Å². The quantitative estimate of drug-likeness (QED) is 0.736. The van der Waals surface area contributed by atoms with Gasteiger partial charge in [-0.25, -0.2) is 9.78 Å². The molecule has 0 aromatic heterocycles. The van der Waals surface area contributed by atoms with Crippen molar-refractivity contribution in [1.82, 2.24) is 0 Å². The summed E-state index contributed by atoms with van der Waals surface area (Å²) in [5.74, 6) is 0.488. The predicted molar refractivity (Wildman–Crippen MR) is 70.2 cm³/mol. The number of fused-ring (bicyclic) bond motifs is 3. The van der Waals surface area contributed by atoms with E-state index in [9.17, 15) is 0 Å². The number of hydrogen-bond acceptors (Lipinski definition) is 4. The van der Waals surface area contributed by atoms with E-state index in [4.69, 9.17) is 19.2 Å². The fourth-order valence-electron chi connectivity index (χ4n) is 3.96. The van der Waals surface area contributed by atoms with E-state index in [-0.39, 0.29) is 11.9 Å². The van der Waals surface area contributed by atoms with Crippen LogP contribution in [0.3, 0.4) is 0 Å². The van der Waals surface area contributed by atoms with Gasteiger partial charge in [-0.1, -0.05) is 20.3 Å². The predicted octanol–water partition coefficient (Wildman–Crippen LogP) is 3.40. The fourth-order valence-corrected chi connectivity index (χ4v) is 3.96. The molecule has 3 saturated heterocycles. The third-order valence-electron chi connectivity index (χ3n) is 5.05. The Morgan fingerprint density at radius 2 is 2.05 bits per heavy atom. The topological polar surface area (TPSA) is 36.9 Å². The first-order valence-corrected chi connectivity index (χ1v) is 7.76. The first kappa shape index (κ1) is 13.8. The van der Waals surface area contributed by atoms with Gasteiger partial charge in [-0.15, -0.1) is 0 Å². The third-order valence-corrected chi connectivity index (χ3v) is 5.05. The highest BCUT2D eigenvalue weighted by Gasteiger charge is 2.61. The van der Waals surface area contributed by atoms with Crippen molar-refractivity contribution in [1.29, 1.82) is 0 Å². The summed E-state index contributed by atoms with van der Waals surface area (Å²) in [6, 6.07) is 0. The van der Waals surface area contributed by atoms with Gasteiger partial charge in [0.15, 0.2) is 11.9 Å². The van der Waals surface area contributed by atoms with Crippen molar-refractivity contribution >= 4 is 0 Å². The second-order valence-corrected chi connectivity index (χ2v) is 6.59. The summed E-state index contributed by atoms with van der Waals surface area (Å²) < 4.78 is 12.1. The lowest BCUT2D eigenvalue weighted by Gasteiger charge is -2.51. The Labute approximate surface area is 115 Å². The average molecular weight is 270 g/mol. The van der Waals surface area contributed by atoms with Crippen molar-refractivity contribution in [2.45, 2.75) is 77.0 Å². The van der Waals surface area contributed by atoms with Crippen LogP contribution < -0.4 is 0 Å². The van der Waals surface area contributed by atoms with Gasteiger partial charge in [0, 0.05) is 13.0 Å². The SMILES string of the molecule is CCCO[C@@H]1O[C@]2(C)CCC3[C@H](C)CCC[C@]31OO2.